The molecule has 160 valence electrons. The molecule has 0 spiro atoms. The van der Waals surface area contributed by atoms with E-state index in [2.05, 4.69) is 9.88 Å². The van der Waals surface area contributed by atoms with Crippen molar-refractivity contribution in [3.63, 3.8) is 0 Å². The number of imide groups is 1. The van der Waals surface area contributed by atoms with Crippen LogP contribution in [0.5, 0.6) is 11.5 Å². The summed E-state index contributed by atoms with van der Waals surface area (Å²) >= 11 is 6.17. The topological polar surface area (TPSA) is 74.9 Å². The highest BCUT2D eigenvalue weighted by atomic mass is 35.5. The van der Waals surface area contributed by atoms with Crippen molar-refractivity contribution < 1.29 is 19.1 Å². The number of nitrogens with one attached hydrogen (secondary N) is 1. The molecular formula is C23H22ClN3O4. The number of nitrogens with zero attached hydrogens (tertiary/aromatic N) is 2. The van der Waals surface area contributed by atoms with Gasteiger partial charge in [0.05, 0.1) is 32.4 Å². The third-order valence-electron chi connectivity index (χ3n) is 6.16. The summed E-state index contributed by atoms with van der Waals surface area (Å²) in [5.41, 5.74) is 3.79. The Kier molecular flexibility index (Phi) is 4.87. The van der Waals surface area contributed by atoms with E-state index in [1.807, 2.05) is 18.2 Å². The molecule has 3 heterocycles. The molecule has 0 radical (unpaired) electrons. The van der Waals surface area contributed by atoms with Gasteiger partial charge in [0.2, 0.25) is 5.91 Å². The highest BCUT2D eigenvalue weighted by molar-refractivity contribution is 6.31. The van der Waals surface area contributed by atoms with Crippen LogP contribution in [0.1, 0.15) is 17.7 Å². The van der Waals surface area contributed by atoms with Gasteiger partial charge in [0.1, 0.15) is 11.5 Å². The number of rotatable bonds is 4. The summed E-state index contributed by atoms with van der Waals surface area (Å²) in [5, 5.41) is 1.83. The summed E-state index contributed by atoms with van der Waals surface area (Å²) in [6, 6.07) is 10.4. The molecular weight excluding hydrogens is 418 g/mol. The average molecular weight is 440 g/mol. The van der Waals surface area contributed by atoms with Crippen LogP contribution in [-0.4, -0.2) is 48.5 Å². The molecule has 5 rings (SSSR count). The summed E-state index contributed by atoms with van der Waals surface area (Å²) in [6.45, 7) is 1.28. The van der Waals surface area contributed by atoms with Crippen molar-refractivity contribution in [2.45, 2.75) is 25.4 Å². The number of fused-ring (bicyclic) bond motifs is 3. The number of amides is 2. The second-order valence-corrected chi connectivity index (χ2v) is 8.25. The zero-order chi connectivity index (χ0) is 21.7. The zero-order valence-corrected chi connectivity index (χ0v) is 18.0. The van der Waals surface area contributed by atoms with Crippen molar-refractivity contribution in [3.8, 4) is 11.5 Å². The van der Waals surface area contributed by atoms with Gasteiger partial charge in [-0.3, -0.25) is 14.5 Å². The fourth-order valence-electron chi connectivity index (χ4n) is 4.62. The van der Waals surface area contributed by atoms with E-state index in [1.54, 1.807) is 25.3 Å². The number of benzene rings is 2. The largest absolute Gasteiger partial charge is 0.497 e. The number of hydrogen-bond donors (Lipinski definition) is 1. The first-order valence-corrected chi connectivity index (χ1v) is 10.5. The normalized spacial score (nSPS) is 19.2. The quantitative estimate of drug-likeness (QED) is 0.629. The Labute approximate surface area is 184 Å². The summed E-state index contributed by atoms with van der Waals surface area (Å²) in [6.07, 6.45) is 0.939. The smallest absolute Gasteiger partial charge is 0.251 e. The van der Waals surface area contributed by atoms with Gasteiger partial charge >= 0.3 is 0 Å². The van der Waals surface area contributed by atoms with Crippen molar-refractivity contribution in [1.29, 1.82) is 0 Å². The van der Waals surface area contributed by atoms with Crippen LogP contribution in [0.3, 0.4) is 0 Å². The third-order valence-corrected chi connectivity index (χ3v) is 6.39. The molecule has 1 atom stereocenters. The predicted molar refractivity (Wildman–Crippen MR) is 118 cm³/mol. The first kappa shape index (κ1) is 19.9. The molecule has 0 aliphatic carbocycles. The molecule has 7 nitrogen and oxygen atoms in total. The molecule has 31 heavy (non-hydrogen) atoms. The van der Waals surface area contributed by atoms with E-state index in [0.29, 0.717) is 35.3 Å². The molecule has 1 aromatic heterocycles. The fraction of sp³-hybridized carbons (Fsp3) is 0.304. The van der Waals surface area contributed by atoms with Gasteiger partial charge in [0.15, 0.2) is 0 Å². The van der Waals surface area contributed by atoms with Crippen LogP contribution in [0.4, 0.5) is 5.69 Å². The predicted octanol–water partition coefficient (Wildman–Crippen LogP) is 3.53. The molecule has 2 aliphatic heterocycles. The maximum absolute atomic E-state index is 13.3. The number of aromatic amines is 1. The van der Waals surface area contributed by atoms with E-state index in [9.17, 15) is 9.59 Å². The number of anilines is 1. The number of halogens is 1. The molecule has 3 aromatic rings. The van der Waals surface area contributed by atoms with E-state index < -0.39 is 6.04 Å². The standard InChI is InChI=1S/C23H22ClN3O4/c1-30-14-4-6-19(21(10-14)31-2)27-22(28)11-20(23(27)29)26-8-7-15-16-9-13(24)3-5-17(16)25-18(15)12-26/h3-6,9-10,20,25H,7-8,11-12H2,1-2H3/t20-/m0/s1. The number of carbonyl (C=O) groups is 2. The number of ether oxygens (including phenoxy) is 2. The van der Waals surface area contributed by atoms with Gasteiger partial charge in [-0.15, -0.1) is 0 Å². The lowest BCUT2D eigenvalue weighted by molar-refractivity contribution is -0.123. The van der Waals surface area contributed by atoms with Gasteiger partial charge in [-0.25, -0.2) is 4.90 Å². The zero-order valence-electron chi connectivity index (χ0n) is 17.3. The molecule has 0 saturated carbocycles. The minimum atomic E-state index is -0.498. The van der Waals surface area contributed by atoms with Gasteiger partial charge in [0.25, 0.3) is 5.91 Å². The number of carbonyl (C=O) groups excluding carboxylic acids is 2. The highest BCUT2D eigenvalue weighted by Crippen LogP contribution is 2.37. The van der Waals surface area contributed by atoms with E-state index in [1.165, 1.54) is 17.6 Å². The van der Waals surface area contributed by atoms with E-state index in [4.69, 9.17) is 21.1 Å². The van der Waals surface area contributed by atoms with Crippen LogP contribution < -0.4 is 14.4 Å². The van der Waals surface area contributed by atoms with Crippen molar-refractivity contribution in [1.82, 2.24) is 9.88 Å². The van der Waals surface area contributed by atoms with Gasteiger partial charge in [-0.1, -0.05) is 11.6 Å². The first-order valence-electron chi connectivity index (χ1n) is 10.1. The van der Waals surface area contributed by atoms with Crippen LogP contribution in [-0.2, 0) is 22.6 Å². The van der Waals surface area contributed by atoms with Crippen LogP contribution in [0, 0.1) is 0 Å². The van der Waals surface area contributed by atoms with Gasteiger partial charge < -0.3 is 14.5 Å². The third kappa shape index (κ3) is 3.25. The van der Waals surface area contributed by atoms with Crippen LogP contribution in [0.15, 0.2) is 36.4 Å². The summed E-state index contributed by atoms with van der Waals surface area (Å²) < 4.78 is 10.6. The van der Waals surface area contributed by atoms with Gasteiger partial charge in [-0.2, -0.15) is 0 Å². The van der Waals surface area contributed by atoms with Crippen molar-refractivity contribution in [2.24, 2.45) is 0 Å². The molecule has 8 heteroatoms. The first-order chi connectivity index (χ1) is 15.0. The highest BCUT2D eigenvalue weighted by Gasteiger charge is 2.44. The lowest BCUT2D eigenvalue weighted by Crippen LogP contribution is -2.44. The van der Waals surface area contributed by atoms with Crippen molar-refractivity contribution in [2.75, 3.05) is 25.7 Å². The van der Waals surface area contributed by atoms with E-state index in [-0.39, 0.29) is 18.2 Å². The Morgan fingerprint density at radius 3 is 2.71 bits per heavy atom. The molecule has 2 aromatic carbocycles. The summed E-state index contributed by atoms with van der Waals surface area (Å²) in [4.78, 5) is 32.9. The lowest BCUT2D eigenvalue weighted by Gasteiger charge is -2.31. The Hall–Kier alpha value is -3.03. The molecule has 1 N–H and O–H groups in total. The number of methoxy groups -OCH3 is 2. The fourth-order valence-corrected chi connectivity index (χ4v) is 4.80. The molecule has 0 unspecified atom stereocenters. The minimum Gasteiger partial charge on any atom is -0.497 e. The Balaban J connectivity index is 1.42. The van der Waals surface area contributed by atoms with Crippen LogP contribution >= 0.6 is 11.6 Å². The van der Waals surface area contributed by atoms with E-state index in [0.717, 1.165) is 23.0 Å². The second-order valence-electron chi connectivity index (χ2n) is 7.82. The monoisotopic (exact) mass is 439 g/mol. The van der Waals surface area contributed by atoms with Gasteiger partial charge in [-0.05, 0) is 42.3 Å². The van der Waals surface area contributed by atoms with Crippen LogP contribution in [0.2, 0.25) is 5.02 Å². The van der Waals surface area contributed by atoms with Crippen molar-refractivity contribution in [3.05, 3.63) is 52.7 Å². The van der Waals surface area contributed by atoms with E-state index >= 15 is 0 Å². The summed E-state index contributed by atoms with van der Waals surface area (Å²) in [5.74, 6) is 0.567. The van der Waals surface area contributed by atoms with Gasteiger partial charge in [0, 0.05) is 40.8 Å². The SMILES string of the molecule is COc1ccc(N2C(=O)C[C@H](N3CCc4c([nH]c5ccc(Cl)cc45)C3)C2=O)c(OC)c1. The second kappa shape index (κ2) is 7.59. The molecule has 1 saturated heterocycles. The Bertz CT molecular complexity index is 1200. The molecule has 2 aliphatic rings. The van der Waals surface area contributed by atoms with Crippen molar-refractivity contribution >= 4 is 40.0 Å². The van der Waals surface area contributed by atoms with Crippen LogP contribution in [0.25, 0.3) is 10.9 Å². The Morgan fingerprint density at radius 1 is 1.10 bits per heavy atom. The molecule has 0 bridgehead atoms. The maximum atomic E-state index is 13.3. The molecule has 2 amide bonds. The maximum Gasteiger partial charge on any atom is 0.251 e. The number of aromatic nitrogens is 1. The number of hydrogen-bond acceptors (Lipinski definition) is 5. The minimum absolute atomic E-state index is 0.148. The molecule has 1 fully saturated rings. The number of H-pyrrole nitrogens is 1. The summed E-state index contributed by atoms with van der Waals surface area (Å²) in [7, 11) is 3.06. The Morgan fingerprint density at radius 2 is 1.94 bits per heavy atom. The average Bonchev–Trinajstić information content (AvgIpc) is 3.28. The lowest BCUT2D eigenvalue weighted by atomic mass is 10.0.